The average molecular weight is 206 g/mol. The van der Waals surface area contributed by atoms with Crippen LogP contribution in [0.25, 0.3) is 6.08 Å². The van der Waals surface area contributed by atoms with Crippen molar-refractivity contribution in [2.45, 2.75) is 26.1 Å². The van der Waals surface area contributed by atoms with Crippen molar-refractivity contribution in [2.24, 2.45) is 0 Å². The summed E-state index contributed by atoms with van der Waals surface area (Å²) in [5.41, 5.74) is 1.96. The first-order chi connectivity index (χ1) is 7.08. The summed E-state index contributed by atoms with van der Waals surface area (Å²) in [5, 5.41) is 18.8. The molecular formula is C12H14O3. The van der Waals surface area contributed by atoms with E-state index in [9.17, 15) is 10.2 Å². The van der Waals surface area contributed by atoms with Crippen molar-refractivity contribution >= 4 is 6.08 Å². The number of hydrogen-bond donors (Lipinski definition) is 2. The summed E-state index contributed by atoms with van der Waals surface area (Å²) in [5.74, 6) is 1.00. The fraction of sp³-hybridized carbons (Fsp3) is 0.333. The summed E-state index contributed by atoms with van der Waals surface area (Å²) in [7, 11) is 0. The van der Waals surface area contributed by atoms with E-state index in [0.29, 0.717) is 11.7 Å². The summed E-state index contributed by atoms with van der Waals surface area (Å²) in [4.78, 5) is 0. The predicted molar refractivity (Wildman–Crippen MR) is 57.9 cm³/mol. The van der Waals surface area contributed by atoms with Gasteiger partial charge < -0.3 is 14.9 Å². The lowest BCUT2D eigenvalue weighted by molar-refractivity contribution is 0.0228. The quantitative estimate of drug-likeness (QED) is 0.740. The molecule has 0 spiro atoms. The van der Waals surface area contributed by atoms with E-state index in [-0.39, 0.29) is 5.75 Å². The summed E-state index contributed by atoms with van der Waals surface area (Å²) in [6, 6.07) is 3.25. The van der Waals surface area contributed by atoms with Crippen LogP contribution in [0, 0.1) is 0 Å². The van der Waals surface area contributed by atoms with E-state index in [1.54, 1.807) is 12.1 Å². The van der Waals surface area contributed by atoms with Crippen molar-refractivity contribution in [1.82, 2.24) is 0 Å². The Hall–Kier alpha value is -1.48. The van der Waals surface area contributed by atoms with Crippen LogP contribution in [0.3, 0.4) is 0 Å². The predicted octanol–water partition coefficient (Wildman–Crippen LogP) is 2.24. The van der Waals surface area contributed by atoms with Crippen LogP contribution in [0.1, 0.15) is 30.9 Å². The van der Waals surface area contributed by atoms with Gasteiger partial charge >= 0.3 is 0 Å². The molecule has 1 aromatic rings. The Morgan fingerprint density at radius 3 is 2.73 bits per heavy atom. The highest BCUT2D eigenvalue weighted by molar-refractivity contribution is 5.65. The molecule has 1 heterocycles. The molecule has 0 aromatic heterocycles. The molecule has 0 bridgehead atoms. The molecule has 2 rings (SSSR count). The van der Waals surface area contributed by atoms with Crippen molar-refractivity contribution < 1.29 is 14.9 Å². The van der Waals surface area contributed by atoms with Crippen LogP contribution in [0.2, 0.25) is 0 Å². The Kier molecular flexibility index (Phi) is 2.40. The van der Waals surface area contributed by atoms with Gasteiger partial charge in [-0.1, -0.05) is 13.8 Å². The topological polar surface area (TPSA) is 49.7 Å². The van der Waals surface area contributed by atoms with Crippen molar-refractivity contribution in [2.75, 3.05) is 0 Å². The molecule has 3 nitrogen and oxygen atoms in total. The zero-order chi connectivity index (χ0) is 11.0. The minimum atomic E-state index is -0.917. The van der Waals surface area contributed by atoms with Gasteiger partial charge in [0.25, 0.3) is 0 Å². The standard InChI is InChI=1S/C12H14O3/c1-7(2)10-5-8(13)6-11-9(10)3-4-12(14)15-11/h3-7,12-14H,1-2H3. The molecule has 1 atom stereocenters. The van der Waals surface area contributed by atoms with Crippen LogP contribution >= 0.6 is 0 Å². The molecule has 0 saturated heterocycles. The number of hydrogen-bond acceptors (Lipinski definition) is 3. The molecule has 0 aliphatic carbocycles. The number of aliphatic hydroxyl groups is 1. The van der Waals surface area contributed by atoms with Gasteiger partial charge in [0.2, 0.25) is 6.29 Å². The average Bonchev–Trinajstić information content (AvgIpc) is 2.15. The molecule has 1 aliphatic rings. The van der Waals surface area contributed by atoms with Gasteiger partial charge in [0.1, 0.15) is 11.5 Å². The first-order valence-electron chi connectivity index (χ1n) is 4.98. The molecule has 0 saturated carbocycles. The van der Waals surface area contributed by atoms with Gasteiger partial charge in [-0.3, -0.25) is 0 Å². The summed E-state index contributed by atoms with van der Waals surface area (Å²) >= 11 is 0. The Morgan fingerprint density at radius 1 is 1.33 bits per heavy atom. The Bertz CT molecular complexity index is 408. The molecular weight excluding hydrogens is 192 g/mol. The monoisotopic (exact) mass is 206 g/mol. The van der Waals surface area contributed by atoms with E-state index in [2.05, 4.69) is 0 Å². The van der Waals surface area contributed by atoms with Gasteiger partial charge in [0.05, 0.1) is 0 Å². The molecule has 2 N–H and O–H groups in total. The van der Waals surface area contributed by atoms with Crippen LogP contribution in [-0.2, 0) is 0 Å². The van der Waals surface area contributed by atoms with Gasteiger partial charge in [0.15, 0.2) is 0 Å². The number of aliphatic hydroxyl groups excluding tert-OH is 1. The van der Waals surface area contributed by atoms with Crippen LogP contribution in [-0.4, -0.2) is 16.5 Å². The highest BCUT2D eigenvalue weighted by atomic mass is 16.6. The molecule has 0 radical (unpaired) electrons. The molecule has 80 valence electrons. The zero-order valence-corrected chi connectivity index (χ0v) is 8.77. The van der Waals surface area contributed by atoms with E-state index in [1.807, 2.05) is 19.9 Å². The first-order valence-corrected chi connectivity index (χ1v) is 4.98. The highest BCUT2D eigenvalue weighted by Gasteiger charge is 2.17. The molecule has 1 unspecified atom stereocenters. The highest BCUT2D eigenvalue weighted by Crippen LogP contribution is 2.36. The van der Waals surface area contributed by atoms with Gasteiger partial charge in [-0.2, -0.15) is 0 Å². The van der Waals surface area contributed by atoms with E-state index in [0.717, 1.165) is 11.1 Å². The maximum absolute atomic E-state index is 9.52. The second kappa shape index (κ2) is 3.59. The van der Waals surface area contributed by atoms with Crippen molar-refractivity contribution in [3.63, 3.8) is 0 Å². The summed E-state index contributed by atoms with van der Waals surface area (Å²) in [6.07, 6.45) is 2.50. The number of phenols is 1. The number of benzene rings is 1. The van der Waals surface area contributed by atoms with Crippen LogP contribution in [0.5, 0.6) is 11.5 Å². The molecule has 0 fully saturated rings. The molecule has 0 amide bonds. The Labute approximate surface area is 88.6 Å². The second-order valence-electron chi connectivity index (χ2n) is 3.97. The third kappa shape index (κ3) is 1.83. The summed E-state index contributed by atoms with van der Waals surface area (Å²) < 4.78 is 5.21. The van der Waals surface area contributed by atoms with Gasteiger partial charge in [-0.25, -0.2) is 0 Å². The molecule has 1 aliphatic heterocycles. The molecule has 1 aromatic carbocycles. The van der Waals surface area contributed by atoms with E-state index < -0.39 is 6.29 Å². The number of phenolic OH excluding ortho intramolecular Hbond substituents is 1. The normalized spacial score (nSPS) is 18.8. The third-order valence-corrected chi connectivity index (χ3v) is 2.46. The number of ether oxygens (including phenoxy) is 1. The minimum Gasteiger partial charge on any atom is -0.508 e. The van der Waals surface area contributed by atoms with Crippen molar-refractivity contribution in [3.8, 4) is 11.5 Å². The van der Waals surface area contributed by atoms with Gasteiger partial charge in [0, 0.05) is 11.6 Å². The fourth-order valence-corrected chi connectivity index (χ4v) is 1.73. The Morgan fingerprint density at radius 2 is 2.07 bits per heavy atom. The van der Waals surface area contributed by atoms with Crippen molar-refractivity contribution in [3.05, 3.63) is 29.3 Å². The fourth-order valence-electron chi connectivity index (χ4n) is 1.73. The SMILES string of the molecule is CC(C)c1cc(O)cc2c1C=CC(O)O2. The van der Waals surface area contributed by atoms with Gasteiger partial charge in [-0.05, 0) is 29.7 Å². The molecule has 15 heavy (non-hydrogen) atoms. The van der Waals surface area contributed by atoms with Gasteiger partial charge in [-0.15, -0.1) is 0 Å². The minimum absolute atomic E-state index is 0.167. The maximum atomic E-state index is 9.52. The lowest BCUT2D eigenvalue weighted by Gasteiger charge is -2.21. The zero-order valence-electron chi connectivity index (χ0n) is 8.77. The van der Waals surface area contributed by atoms with Crippen LogP contribution in [0.4, 0.5) is 0 Å². The number of fused-ring (bicyclic) bond motifs is 1. The number of aromatic hydroxyl groups is 1. The second-order valence-corrected chi connectivity index (χ2v) is 3.97. The van der Waals surface area contributed by atoms with Crippen LogP contribution < -0.4 is 4.74 Å². The largest absolute Gasteiger partial charge is 0.508 e. The van der Waals surface area contributed by atoms with Crippen LogP contribution in [0.15, 0.2) is 18.2 Å². The summed E-state index contributed by atoms with van der Waals surface area (Å²) in [6.45, 7) is 4.10. The lowest BCUT2D eigenvalue weighted by atomic mass is 9.95. The first kappa shape index (κ1) is 10.1. The van der Waals surface area contributed by atoms with E-state index >= 15 is 0 Å². The maximum Gasteiger partial charge on any atom is 0.217 e. The smallest absolute Gasteiger partial charge is 0.217 e. The van der Waals surface area contributed by atoms with Crippen molar-refractivity contribution in [1.29, 1.82) is 0 Å². The van der Waals surface area contributed by atoms with E-state index in [1.165, 1.54) is 6.07 Å². The number of rotatable bonds is 1. The lowest BCUT2D eigenvalue weighted by Crippen LogP contribution is -2.16. The molecule has 3 heteroatoms. The third-order valence-electron chi connectivity index (χ3n) is 2.46. The Balaban J connectivity index is 2.57. The van der Waals surface area contributed by atoms with E-state index in [4.69, 9.17) is 4.74 Å².